The molecule has 8 nitrogen and oxygen atoms in total. The van der Waals surface area contributed by atoms with Crippen LogP contribution in [0.1, 0.15) is 32.3 Å². The van der Waals surface area contributed by atoms with Crippen molar-refractivity contribution in [2.75, 3.05) is 46.2 Å². The summed E-state index contributed by atoms with van der Waals surface area (Å²) in [6, 6.07) is 6.05. The number of carbonyl (C=O) groups is 1. The number of fused-ring (bicyclic) bond motifs is 1. The van der Waals surface area contributed by atoms with E-state index in [0.29, 0.717) is 31.9 Å². The van der Waals surface area contributed by atoms with Crippen LogP contribution < -0.4 is 9.47 Å². The molecule has 4 rings (SSSR count). The van der Waals surface area contributed by atoms with E-state index in [1.165, 1.54) is 5.56 Å². The number of rotatable bonds is 8. The highest BCUT2D eigenvalue weighted by Gasteiger charge is 2.36. The second kappa shape index (κ2) is 10.6. The fourth-order valence-corrected chi connectivity index (χ4v) is 4.59. The Bertz CT molecular complexity index is 821. The minimum atomic E-state index is -0.446. The highest BCUT2D eigenvalue weighted by molar-refractivity contribution is 5.91. The van der Waals surface area contributed by atoms with Gasteiger partial charge in [-0.25, -0.2) is 0 Å². The summed E-state index contributed by atoms with van der Waals surface area (Å²) in [4.78, 5) is 17.4. The molecular formula is C24H34N2O6. The van der Waals surface area contributed by atoms with Gasteiger partial charge in [0.1, 0.15) is 0 Å². The van der Waals surface area contributed by atoms with E-state index >= 15 is 0 Å². The van der Waals surface area contributed by atoms with Gasteiger partial charge in [0.2, 0.25) is 13.1 Å². The van der Waals surface area contributed by atoms with Gasteiger partial charge >= 0.3 is 0 Å². The normalized spacial score (nSPS) is 25.4. The summed E-state index contributed by atoms with van der Waals surface area (Å²) in [6.45, 7) is 8.70. The van der Waals surface area contributed by atoms with E-state index in [-0.39, 0.29) is 31.1 Å². The van der Waals surface area contributed by atoms with Crippen molar-refractivity contribution in [2.24, 2.45) is 11.8 Å². The number of carbonyl (C=O) groups excluding carboxylic acids is 1. The predicted molar refractivity (Wildman–Crippen MR) is 118 cm³/mol. The first-order valence-corrected chi connectivity index (χ1v) is 11.6. The lowest BCUT2D eigenvalue weighted by atomic mass is 9.86. The molecule has 0 radical (unpaired) electrons. The maximum atomic E-state index is 13.2. The highest BCUT2D eigenvalue weighted by atomic mass is 16.7. The smallest absolute Gasteiger partial charge is 0.288 e. The number of hydrogen-bond acceptors (Lipinski definition) is 7. The van der Waals surface area contributed by atoms with Crippen molar-refractivity contribution in [3.8, 4) is 11.5 Å². The topological polar surface area (TPSA) is 80.7 Å². The number of amides is 1. The average molecular weight is 447 g/mol. The van der Waals surface area contributed by atoms with Crippen LogP contribution in [0.3, 0.4) is 0 Å². The molecule has 0 bridgehead atoms. The Morgan fingerprint density at radius 1 is 1.19 bits per heavy atom. The molecule has 1 aromatic rings. The second-order valence-electron chi connectivity index (χ2n) is 8.62. The van der Waals surface area contributed by atoms with E-state index in [0.717, 1.165) is 37.6 Å². The summed E-state index contributed by atoms with van der Waals surface area (Å²) in [6.07, 6.45) is 2.99. The number of aliphatic hydroxyl groups excluding tert-OH is 1. The third-order valence-corrected chi connectivity index (χ3v) is 6.42. The predicted octanol–water partition coefficient (Wildman–Crippen LogP) is 2.36. The summed E-state index contributed by atoms with van der Waals surface area (Å²) in [5.74, 6) is 2.21. The molecule has 3 aliphatic heterocycles. The van der Waals surface area contributed by atoms with E-state index < -0.39 is 6.29 Å². The molecule has 0 unspecified atom stereocenters. The number of piperazine rings is 1. The number of benzene rings is 1. The molecule has 3 atom stereocenters. The van der Waals surface area contributed by atoms with Crippen molar-refractivity contribution in [1.29, 1.82) is 0 Å². The third-order valence-electron chi connectivity index (χ3n) is 6.42. The molecule has 0 aliphatic carbocycles. The van der Waals surface area contributed by atoms with Gasteiger partial charge in [0, 0.05) is 51.9 Å². The maximum absolute atomic E-state index is 13.2. The Kier molecular flexibility index (Phi) is 7.55. The molecular weight excluding hydrogens is 412 g/mol. The van der Waals surface area contributed by atoms with Crippen LogP contribution >= 0.6 is 0 Å². The summed E-state index contributed by atoms with van der Waals surface area (Å²) < 4.78 is 22.7. The Morgan fingerprint density at radius 3 is 2.72 bits per heavy atom. The van der Waals surface area contributed by atoms with Crippen molar-refractivity contribution >= 4 is 5.91 Å². The van der Waals surface area contributed by atoms with Gasteiger partial charge in [-0.2, -0.15) is 0 Å². The van der Waals surface area contributed by atoms with E-state index in [4.69, 9.17) is 18.9 Å². The number of aliphatic hydroxyl groups is 1. The van der Waals surface area contributed by atoms with Crippen LogP contribution in [0.25, 0.3) is 0 Å². The summed E-state index contributed by atoms with van der Waals surface area (Å²) in [5, 5.41) is 9.19. The van der Waals surface area contributed by atoms with Crippen LogP contribution in [0.2, 0.25) is 0 Å². The average Bonchev–Trinajstić information content (AvgIpc) is 3.26. The second-order valence-corrected chi connectivity index (χ2v) is 8.62. The van der Waals surface area contributed by atoms with Crippen LogP contribution in [0, 0.1) is 11.8 Å². The fourth-order valence-electron chi connectivity index (χ4n) is 4.59. The highest BCUT2D eigenvalue weighted by Crippen LogP contribution is 2.34. The van der Waals surface area contributed by atoms with Gasteiger partial charge < -0.3 is 29.0 Å². The number of ether oxygens (including phenoxy) is 4. The molecule has 1 amide bonds. The molecule has 1 fully saturated rings. The number of nitrogens with zero attached hydrogens (tertiary/aromatic N) is 2. The van der Waals surface area contributed by atoms with Gasteiger partial charge in [0.15, 0.2) is 17.3 Å². The van der Waals surface area contributed by atoms with Crippen molar-refractivity contribution in [1.82, 2.24) is 9.80 Å². The molecule has 0 saturated carbocycles. The quantitative estimate of drug-likeness (QED) is 0.657. The molecule has 8 heteroatoms. The van der Waals surface area contributed by atoms with Gasteiger partial charge in [-0.1, -0.05) is 13.0 Å². The van der Waals surface area contributed by atoms with Crippen molar-refractivity contribution in [2.45, 2.75) is 39.5 Å². The van der Waals surface area contributed by atoms with Crippen LogP contribution in [0.15, 0.2) is 30.0 Å². The largest absolute Gasteiger partial charge is 0.459 e. The number of allylic oxidation sites excluding steroid dienone is 1. The molecule has 1 saturated heterocycles. The van der Waals surface area contributed by atoms with Crippen molar-refractivity contribution in [3.05, 3.63) is 35.6 Å². The van der Waals surface area contributed by atoms with Gasteiger partial charge in [-0.3, -0.25) is 9.69 Å². The maximum Gasteiger partial charge on any atom is 0.288 e. The first-order chi connectivity index (χ1) is 15.6. The summed E-state index contributed by atoms with van der Waals surface area (Å²) in [5.41, 5.74) is 1.18. The van der Waals surface area contributed by atoms with Crippen molar-refractivity contribution in [3.63, 3.8) is 0 Å². The molecule has 3 heterocycles. The van der Waals surface area contributed by atoms with Crippen LogP contribution in [-0.4, -0.2) is 73.3 Å². The van der Waals surface area contributed by atoms with Gasteiger partial charge in [0.25, 0.3) is 5.91 Å². The zero-order valence-electron chi connectivity index (χ0n) is 19.0. The zero-order chi connectivity index (χ0) is 22.5. The first kappa shape index (κ1) is 22.9. The van der Waals surface area contributed by atoms with E-state index in [2.05, 4.69) is 17.9 Å². The third kappa shape index (κ3) is 5.19. The molecule has 32 heavy (non-hydrogen) atoms. The first-order valence-electron chi connectivity index (χ1n) is 11.6. The minimum absolute atomic E-state index is 0.0649. The molecule has 1 aromatic carbocycles. The van der Waals surface area contributed by atoms with Crippen LogP contribution in [-0.2, 0) is 20.8 Å². The van der Waals surface area contributed by atoms with E-state index in [9.17, 15) is 9.90 Å². The van der Waals surface area contributed by atoms with Gasteiger partial charge in [0.05, 0.1) is 0 Å². The lowest BCUT2D eigenvalue weighted by molar-refractivity contribution is -0.175. The van der Waals surface area contributed by atoms with E-state index in [1.807, 2.05) is 30.0 Å². The lowest BCUT2D eigenvalue weighted by Gasteiger charge is -2.38. The lowest BCUT2D eigenvalue weighted by Crippen LogP contribution is -2.49. The van der Waals surface area contributed by atoms with Crippen LogP contribution in [0.4, 0.5) is 0 Å². The van der Waals surface area contributed by atoms with E-state index in [1.54, 1.807) is 0 Å². The van der Waals surface area contributed by atoms with Crippen molar-refractivity contribution < 1.29 is 28.8 Å². The van der Waals surface area contributed by atoms with Gasteiger partial charge in [-0.05, 0) is 49.5 Å². The molecule has 0 aromatic heterocycles. The molecule has 176 valence electrons. The SMILES string of the molecule is CCO[C@@H]1OC(C(=O)N2CCN(Cc3ccc4c(c3)OCO4)CC2)=C[C@H](C)[C@@H]1CCCO. The Hall–Kier alpha value is -2.29. The molecule has 1 N–H and O–H groups in total. The monoisotopic (exact) mass is 446 g/mol. The number of hydrogen-bond donors (Lipinski definition) is 1. The summed E-state index contributed by atoms with van der Waals surface area (Å²) >= 11 is 0. The Labute approximate surface area is 189 Å². The minimum Gasteiger partial charge on any atom is -0.459 e. The van der Waals surface area contributed by atoms with Crippen LogP contribution in [0.5, 0.6) is 11.5 Å². The Morgan fingerprint density at radius 2 is 1.97 bits per heavy atom. The molecule has 0 spiro atoms. The zero-order valence-corrected chi connectivity index (χ0v) is 19.0. The standard InChI is InChI=1S/C24H34N2O6/c1-3-29-24-19(5-4-12-27)17(2)13-22(32-24)23(28)26-10-8-25(9-11-26)15-18-6-7-20-21(14-18)31-16-30-20/h6-7,13-14,17,19,24,27H,3-5,8-12,15-16H2,1-2H3/t17-,19-,24+/m0/s1. The Balaban J connectivity index is 1.32. The van der Waals surface area contributed by atoms with Gasteiger partial charge in [-0.15, -0.1) is 0 Å². The molecule has 3 aliphatic rings. The summed E-state index contributed by atoms with van der Waals surface area (Å²) in [7, 11) is 0. The fraction of sp³-hybridized carbons (Fsp3) is 0.625.